The van der Waals surface area contributed by atoms with E-state index in [1.54, 1.807) is 24.3 Å². The number of hydrogen-bond donors (Lipinski definition) is 1. The summed E-state index contributed by atoms with van der Waals surface area (Å²) < 4.78 is 16.5. The highest BCUT2D eigenvalue weighted by Crippen LogP contribution is 2.26. The first-order valence-corrected chi connectivity index (χ1v) is 12.3. The fraction of sp³-hybridized carbons (Fsp3) is 0.538. The summed E-state index contributed by atoms with van der Waals surface area (Å²) in [4.78, 5) is 24.8. The van der Waals surface area contributed by atoms with Gasteiger partial charge in [0.1, 0.15) is 5.60 Å². The van der Waals surface area contributed by atoms with Crippen molar-refractivity contribution in [3.63, 3.8) is 0 Å². The van der Waals surface area contributed by atoms with E-state index >= 15 is 0 Å². The van der Waals surface area contributed by atoms with Crippen LogP contribution in [-0.2, 0) is 19.0 Å². The summed E-state index contributed by atoms with van der Waals surface area (Å²) in [6, 6.07) is 2.01. The van der Waals surface area contributed by atoms with Crippen LogP contribution in [0, 0.1) is 0 Å². The molecule has 7 heteroatoms. The zero-order valence-electron chi connectivity index (χ0n) is 21.0. The molecule has 0 aliphatic heterocycles. The van der Waals surface area contributed by atoms with Gasteiger partial charge < -0.3 is 19.5 Å². The number of allylic oxidation sites excluding steroid dienone is 2. The van der Waals surface area contributed by atoms with Gasteiger partial charge >= 0.3 is 12.1 Å². The van der Waals surface area contributed by atoms with E-state index in [0.717, 1.165) is 22.3 Å². The minimum Gasteiger partial charge on any atom is -0.464 e. The number of amides is 1. The van der Waals surface area contributed by atoms with Gasteiger partial charge in [0.15, 0.2) is 6.10 Å². The van der Waals surface area contributed by atoms with E-state index in [1.165, 1.54) is 0 Å². The minimum absolute atomic E-state index is 0.115. The molecule has 1 unspecified atom stereocenters. The molecule has 1 rings (SSSR count). The predicted molar refractivity (Wildman–Crippen MR) is 135 cm³/mol. The summed E-state index contributed by atoms with van der Waals surface area (Å²) in [5, 5.41) is 6.87. The monoisotopic (exact) mass is 477 g/mol. The summed E-state index contributed by atoms with van der Waals surface area (Å²) in [7, 11) is 0. The highest BCUT2D eigenvalue weighted by molar-refractivity contribution is 7.08. The fourth-order valence-corrected chi connectivity index (χ4v) is 3.75. The van der Waals surface area contributed by atoms with Gasteiger partial charge in [0.25, 0.3) is 0 Å². The smallest absolute Gasteiger partial charge is 0.407 e. The predicted octanol–water partition coefficient (Wildman–Crippen LogP) is 6.30. The first-order chi connectivity index (χ1) is 15.5. The van der Waals surface area contributed by atoms with Gasteiger partial charge in [0.2, 0.25) is 0 Å². The van der Waals surface area contributed by atoms with Crippen LogP contribution in [0.15, 0.2) is 46.7 Å². The summed E-state index contributed by atoms with van der Waals surface area (Å²) in [5.74, 6) is -0.371. The van der Waals surface area contributed by atoms with Gasteiger partial charge in [0, 0.05) is 13.0 Å². The third kappa shape index (κ3) is 10.9. The maximum Gasteiger partial charge on any atom is 0.407 e. The Morgan fingerprint density at radius 1 is 1.24 bits per heavy atom. The van der Waals surface area contributed by atoms with Gasteiger partial charge in [-0.25, -0.2) is 9.59 Å². The number of hydrogen-bond acceptors (Lipinski definition) is 6. The molecular weight excluding hydrogens is 438 g/mol. The normalized spacial score (nSPS) is 13.9. The number of esters is 1. The van der Waals surface area contributed by atoms with Crippen LogP contribution in [0.3, 0.4) is 0 Å². The van der Waals surface area contributed by atoms with Crippen molar-refractivity contribution in [2.24, 2.45) is 0 Å². The molecule has 0 aliphatic rings. The Morgan fingerprint density at radius 3 is 2.42 bits per heavy atom. The molecule has 1 aromatic rings. The molecule has 0 bridgehead atoms. The van der Waals surface area contributed by atoms with Crippen molar-refractivity contribution in [1.82, 2.24) is 5.32 Å². The van der Waals surface area contributed by atoms with Crippen molar-refractivity contribution in [2.45, 2.75) is 79.1 Å². The maximum absolute atomic E-state index is 12.5. The second-order valence-corrected chi connectivity index (χ2v) is 9.58. The molecule has 1 aromatic heterocycles. The van der Waals surface area contributed by atoms with E-state index in [-0.39, 0.29) is 18.6 Å². The summed E-state index contributed by atoms with van der Waals surface area (Å²) in [6.07, 6.45) is 3.61. The Bertz CT molecular complexity index is 831. The molecule has 6 nitrogen and oxygen atoms in total. The Labute approximate surface area is 202 Å². The van der Waals surface area contributed by atoms with E-state index in [0.29, 0.717) is 19.4 Å². The lowest BCUT2D eigenvalue weighted by molar-refractivity contribution is -0.159. The van der Waals surface area contributed by atoms with Crippen LogP contribution in [0.4, 0.5) is 4.79 Å². The molecule has 1 atom stereocenters. The Kier molecular flexibility index (Phi) is 12.2. The number of alkyl carbamates (subject to hydrolysis) is 1. The van der Waals surface area contributed by atoms with Crippen molar-refractivity contribution >= 4 is 29.0 Å². The van der Waals surface area contributed by atoms with Crippen LogP contribution < -0.4 is 5.32 Å². The lowest BCUT2D eigenvalue weighted by atomic mass is 9.96. The molecule has 0 radical (unpaired) electrons. The lowest BCUT2D eigenvalue weighted by Gasteiger charge is -2.21. The molecule has 0 aliphatic carbocycles. The van der Waals surface area contributed by atoms with Crippen molar-refractivity contribution in [3.8, 4) is 0 Å². The van der Waals surface area contributed by atoms with Gasteiger partial charge in [0.05, 0.1) is 12.7 Å². The highest BCUT2D eigenvalue weighted by Gasteiger charge is 2.23. The quantitative estimate of drug-likeness (QED) is 0.283. The van der Waals surface area contributed by atoms with E-state index in [1.807, 2.05) is 64.4 Å². The number of carbonyl (C=O) groups is 2. The van der Waals surface area contributed by atoms with Crippen molar-refractivity contribution < 1.29 is 23.8 Å². The first-order valence-electron chi connectivity index (χ1n) is 11.4. The van der Waals surface area contributed by atoms with E-state index < -0.39 is 17.8 Å². The van der Waals surface area contributed by atoms with Gasteiger partial charge in [-0.1, -0.05) is 31.2 Å². The average molecular weight is 478 g/mol. The third-order valence-electron chi connectivity index (χ3n) is 4.47. The highest BCUT2D eigenvalue weighted by atomic mass is 32.1. The van der Waals surface area contributed by atoms with Crippen LogP contribution >= 0.6 is 11.3 Å². The number of rotatable bonds is 12. The second kappa shape index (κ2) is 14.0. The lowest BCUT2D eigenvalue weighted by Crippen LogP contribution is -2.33. The fourth-order valence-electron chi connectivity index (χ4n) is 3.10. The minimum atomic E-state index is -0.690. The molecular formula is C26H39NO5S. The molecule has 1 N–H and O–H groups in total. The van der Waals surface area contributed by atoms with Gasteiger partial charge in [-0.2, -0.15) is 11.3 Å². The second-order valence-electron chi connectivity index (χ2n) is 8.80. The molecule has 0 saturated carbocycles. The molecule has 1 amide bonds. The van der Waals surface area contributed by atoms with Crippen LogP contribution in [0.25, 0.3) is 5.57 Å². The summed E-state index contributed by atoms with van der Waals surface area (Å²) in [6.45, 7) is 17.6. The van der Waals surface area contributed by atoms with Crippen molar-refractivity contribution in [3.05, 3.63) is 52.3 Å². The largest absolute Gasteiger partial charge is 0.464 e. The molecule has 184 valence electrons. The molecule has 1 heterocycles. The van der Waals surface area contributed by atoms with Crippen molar-refractivity contribution in [2.75, 3.05) is 13.2 Å². The van der Waals surface area contributed by atoms with Crippen LogP contribution in [-0.4, -0.2) is 43.0 Å². The van der Waals surface area contributed by atoms with Gasteiger partial charge in [-0.3, -0.25) is 0 Å². The zero-order valence-corrected chi connectivity index (χ0v) is 21.8. The average Bonchev–Trinajstić information content (AvgIpc) is 3.24. The van der Waals surface area contributed by atoms with Crippen LogP contribution in [0.1, 0.15) is 66.9 Å². The molecule has 0 aromatic carbocycles. The van der Waals surface area contributed by atoms with E-state index in [4.69, 9.17) is 14.2 Å². The molecule has 0 saturated heterocycles. The Hall–Kier alpha value is -2.38. The topological polar surface area (TPSA) is 73.9 Å². The van der Waals surface area contributed by atoms with Crippen LogP contribution in [0.2, 0.25) is 0 Å². The zero-order chi connectivity index (χ0) is 25.0. The van der Waals surface area contributed by atoms with Crippen molar-refractivity contribution in [1.29, 1.82) is 0 Å². The summed E-state index contributed by atoms with van der Waals surface area (Å²) >= 11 is 1.59. The number of carbonyl (C=O) groups excluding carboxylic acids is 2. The van der Waals surface area contributed by atoms with Gasteiger partial charge in [-0.15, -0.1) is 0 Å². The first kappa shape index (κ1) is 28.7. The molecule has 33 heavy (non-hydrogen) atoms. The Morgan fingerprint density at radius 2 is 1.94 bits per heavy atom. The molecule has 0 fully saturated rings. The molecule has 0 spiro atoms. The van der Waals surface area contributed by atoms with E-state index in [9.17, 15) is 9.59 Å². The maximum atomic E-state index is 12.5. The van der Waals surface area contributed by atoms with Crippen LogP contribution in [0.5, 0.6) is 0 Å². The SMILES string of the molecule is C=C/C(=C(\C=C(/CC)CC(OC(C)C)C(=O)OCC)CNC(=O)OC(C)(C)C)c1ccsc1. The van der Waals surface area contributed by atoms with Gasteiger partial charge in [-0.05, 0) is 81.5 Å². The number of ether oxygens (including phenoxy) is 3. The standard InChI is InChI=1S/C26H39NO5S/c1-9-19(15-23(31-18(4)5)24(28)30-11-3)14-21(16-27-25(29)32-26(6,7)8)22(10-2)20-12-13-33-17-20/h10,12-14,17-18,23H,2,9,11,15-16H2,1,3-8H3,(H,27,29)/b19-14+,22-21-. The van der Waals surface area contributed by atoms with E-state index in [2.05, 4.69) is 11.9 Å². The number of nitrogens with one attached hydrogen (secondary N) is 1. The third-order valence-corrected chi connectivity index (χ3v) is 5.15. The Balaban J connectivity index is 3.29. The summed E-state index contributed by atoms with van der Waals surface area (Å²) in [5.41, 5.74) is 3.22. The number of thiophene rings is 1.